The fraction of sp³-hybridized carbons (Fsp3) is 0.500. The lowest BCUT2D eigenvalue weighted by atomic mass is 10.1. The molecule has 25 heavy (non-hydrogen) atoms. The van der Waals surface area contributed by atoms with E-state index in [9.17, 15) is 9.59 Å². The number of anilines is 1. The predicted octanol–water partition coefficient (Wildman–Crippen LogP) is 3.88. The highest BCUT2D eigenvalue weighted by Crippen LogP contribution is 2.26. The molecule has 1 fully saturated rings. The number of benzene rings is 1. The topological polar surface area (TPSA) is 54.3 Å². The van der Waals surface area contributed by atoms with Crippen LogP contribution < -0.4 is 5.32 Å². The summed E-state index contributed by atoms with van der Waals surface area (Å²) in [5, 5.41) is 3.81. The Morgan fingerprint density at radius 3 is 2.52 bits per heavy atom. The van der Waals surface area contributed by atoms with Crippen LogP contribution in [0.1, 0.15) is 50.5 Å². The van der Waals surface area contributed by atoms with E-state index in [1.54, 1.807) is 0 Å². The Morgan fingerprint density at radius 2 is 1.88 bits per heavy atom. The molecule has 1 N–H and O–H groups in total. The Morgan fingerprint density at radius 1 is 1.16 bits per heavy atom. The van der Waals surface area contributed by atoms with Gasteiger partial charge in [-0.05, 0) is 49.4 Å². The van der Waals surface area contributed by atoms with Crippen molar-refractivity contribution >= 4 is 28.4 Å². The zero-order valence-electron chi connectivity index (χ0n) is 15.3. The minimum Gasteiger partial charge on any atom is -0.337 e. The van der Waals surface area contributed by atoms with Crippen molar-refractivity contribution in [2.24, 2.45) is 5.92 Å². The van der Waals surface area contributed by atoms with E-state index in [1.165, 1.54) is 6.92 Å². The van der Waals surface area contributed by atoms with Gasteiger partial charge in [-0.15, -0.1) is 0 Å². The number of nitrogens with one attached hydrogen (secondary N) is 1. The first-order valence-corrected chi connectivity index (χ1v) is 9.16. The second kappa shape index (κ2) is 7.30. The summed E-state index contributed by atoms with van der Waals surface area (Å²) in [7, 11) is 0. The highest BCUT2D eigenvalue weighted by atomic mass is 16.2. The number of aromatic nitrogens is 1. The average Bonchev–Trinajstić information content (AvgIpc) is 3.19. The summed E-state index contributed by atoms with van der Waals surface area (Å²) < 4.78 is 2.15. The van der Waals surface area contributed by atoms with Crippen molar-refractivity contribution in [3.05, 3.63) is 30.0 Å². The van der Waals surface area contributed by atoms with Gasteiger partial charge in [0.25, 0.3) is 5.91 Å². The summed E-state index contributed by atoms with van der Waals surface area (Å²) in [5.74, 6) is 0.608. The molecule has 0 saturated carbocycles. The highest BCUT2D eigenvalue weighted by molar-refractivity contribution is 6.00. The number of carbonyl (C=O) groups is 2. The average molecular weight is 341 g/mol. The summed E-state index contributed by atoms with van der Waals surface area (Å²) in [6, 6.07) is 7.83. The maximum absolute atomic E-state index is 13.0. The van der Waals surface area contributed by atoms with Crippen molar-refractivity contribution in [1.82, 2.24) is 9.47 Å². The van der Waals surface area contributed by atoms with Crippen molar-refractivity contribution in [3.63, 3.8) is 0 Å². The van der Waals surface area contributed by atoms with Gasteiger partial charge in [0.15, 0.2) is 0 Å². The molecule has 0 radical (unpaired) electrons. The Balaban J connectivity index is 2.00. The van der Waals surface area contributed by atoms with Gasteiger partial charge in [-0.2, -0.15) is 0 Å². The fourth-order valence-electron chi connectivity index (χ4n) is 3.44. The highest BCUT2D eigenvalue weighted by Gasteiger charge is 2.24. The zero-order chi connectivity index (χ0) is 18.0. The number of carbonyl (C=O) groups excluding carboxylic acids is 2. The summed E-state index contributed by atoms with van der Waals surface area (Å²) in [5.41, 5.74) is 2.58. The Kier molecular flexibility index (Phi) is 5.11. The first-order valence-electron chi connectivity index (χ1n) is 9.16. The first kappa shape index (κ1) is 17.5. The van der Waals surface area contributed by atoms with E-state index < -0.39 is 0 Å². The zero-order valence-corrected chi connectivity index (χ0v) is 15.3. The largest absolute Gasteiger partial charge is 0.337 e. The van der Waals surface area contributed by atoms with Crippen molar-refractivity contribution in [2.45, 2.75) is 46.6 Å². The number of fused-ring (bicyclic) bond motifs is 1. The number of hydrogen-bond acceptors (Lipinski definition) is 2. The lowest BCUT2D eigenvalue weighted by molar-refractivity contribution is -0.114. The van der Waals surface area contributed by atoms with Gasteiger partial charge in [-0.3, -0.25) is 9.59 Å². The van der Waals surface area contributed by atoms with Crippen LogP contribution in [0.3, 0.4) is 0 Å². The predicted molar refractivity (Wildman–Crippen MR) is 101 cm³/mol. The van der Waals surface area contributed by atoms with Crippen LogP contribution in [0, 0.1) is 5.92 Å². The van der Waals surface area contributed by atoms with Gasteiger partial charge in [-0.25, -0.2) is 0 Å². The maximum Gasteiger partial charge on any atom is 0.270 e. The molecule has 2 aromatic rings. The van der Waals surface area contributed by atoms with Gasteiger partial charge in [0.2, 0.25) is 5.91 Å². The lowest BCUT2D eigenvalue weighted by Gasteiger charge is -2.18. The molecule has 0 atom stereocenters. The molecule has 0 spiro atoms. The van der Waals surface area contributed by atoms with Crippen LogP contribution in [0.4, 0.5) is 5.69 Å². The van der Waals surface area contributed by atoms with Crippen LogP contribution >= 0.6 is 0 Å². The second-order valence-corrected chi connectivity index (χ2v) is 7.32. The molecule has 5 heteroatoms. The van der Waals surface area contributed by atoms with Gasteiger partial charge >= 0.3 is 0 Å². The molecule has 2 amide bonds. The molecule has 2 heterocycles. The molecule has 0 unspecified atom stereocenters. The molecule has 1 saturated heterocycles. The quantitative estimate of drug-likeness (QED) is 0.897. The molecular formula is C20H27N3O2. The normalized spacial score (nSPS) is 14.5. The van der Waals surface area contributed by atoms with Crippen LogP contribution in [-0.2, 0) is 11.3 Å². The number of nitrogens with zero attached hydrogens (tertiary/aromatic N) is 2. The molecule has 1 aromatic carbocycles. The monoisotopic (exact) mass is 341 g/mol. The number of likely N-dealkylation sites (tertiary alicyclic amines) is 1. The minimum atomic E-state index is -0.0908. The molecule has 1 aromatic heterocycles. The van der Waals surface area contributed by atoms with E-state index in [1.807, 2.05) is 29.2 Å². The smallest absolute Gasteiger partial charge is 0.270 e. The number of aryl methyl sites for hydroxylation is 1. The van der Waals surface area contributed by atoms with Gasteiger partial charge < -0.3 is 14.8 Å². The minimum absolute atomic E-state index is 0.0908. The van der Waals surface area contributed by atoms with E-state index >= 15 is 0 Å². The molecule has 134 valence electrons. The second-order valence-electron chi connectivity index (χ2n) is 7.32. The van der Waals surface area contributed by atoms with Crippen molar-refractivity contribution in [3.8, 4) is 0 Å². The third-order valence-corrected chi connectivity index (χ3v) is 4.76. The van der Waals surface area contributed by atoms with Crippen molar-refractivity contribution in [1.29, 1.82) is 0 Å². The number of amides is 2. The standard InChI is InChI=1S/C20H27N3O2/c1-14(2)8-11-23-18-7-6-17(21-15(3)24)12-16(18)13-19(23)20(25)22-9-4-5-10-22/h6-7,12-14H,4-5,8-11H2,1-3H3,(H,21,24). The van der Waals surface area contributed by atoms with E-state index in [0.717, 1.165) is 61.2 Å². The van der Waals surface area contributed by atoms with Gasteiger partial charge in [-0.1, -0.05) is 13.8 Å². The Labute approximate surface area is 149 Å². The Hall–Kier alpha value is -2.30. The SMILES string of the molecule is CC(=O)Nc1ccc2c(c1)cc(C(=O)N1CCCC1)n2CCC(C)C. The van der Waals surface area contributed by atoms with Crippen LogP contribution in [0.5, 0.6) is 0 Å². The molecular weight excluding hydrogens is 314 g/mol. The van der Waals surface area contributed by atoms with Gasteiger partial charge in [0, 0.05) is 43.1 Å². The molecule has 1 aliphatic rings. The maximum atomic E-state index is 13.0. The third-order valence-electron chi connectivity index (χ3n) is 4.76. The van der Waals surface area contributed by atoms with Crippen LogP contribution in [-0.4, -0.2) is 34.4 Å². The first-order chi connectivity index (χ1) is 12.0. The molecule has 0 bridgehead atoms. The van der Waals surface area contributed by atoms with E-state index in [2.05, 4.69) is 23.7 Å². The lowest BCUT2D eigenvalue weighted by Crippen LogP contribution is -2.29. The summed E-state index contributed by atoms with van der Waals surface area (Å²) in [6.45, 7) is 8.42. The summed E-state index contributed by atoms with van der Waals surface area (Å²) >= 11 is 0. The van der Waals surface area contributed by atoms with Gasteiger partial charge in [0.05, 0.1) is 0 Å². The van der Waals surface area contributed by atoms with Gasteiger partial charge in [0.1, 0.15) is 5.69 Å². The van der Waals surface area contributed by atoms with E-state index in [4.69, 9.17) is 0 Å². The van der Waals surface area contributed by atoms with Crippen LogP contribution in [0.25, 0.3) is 10.9 Å². The van der Waals surface area contributed by atoms with Crippen LogP contribution in [0.15, 0.2) is 24.3 Å². The molecule has 1 aliphatic heterocycles. The van der Waals surface area contributed by atoms with E-state index in [-0.39, 0.29) is 11.8 Å². The fourth-order valence-corrected chi connectivity index (χ4v) is 3.44. The Bertz CT molecular complexity index is 786. The van der Waals surface area contributed by atoms with Crippen molar-refractivity contribution in [2.75, 3.05) is 18.4 Å². The summed E-state index contributed by atoms with van der Waals surface area (Å²) in [4.78, 5) is 26.2. The molecule has 3 rings (SSSR count). The molecule has 0 aliphatic carbocycles. The molecule has 5 nitrogen and oxygen atoms in total. The van der Waals surface area contributed by atoms with Crippen molar-refractivity contribution < 1.29 is 9.59 Å². The number of hydrogen-bond donors (Lipinski definition) is 1. The number of rotatable bonds is 5. The third kappa shape index (κ3) is 3.86. The summed E-state index contributed by atoms with van der Waals surface area (Å²) in [6.07, 6.45) is 3.20. The van der Waals surface area contributed by atoms with Crippen LogP contribution in [0.2, 0.25) is 0 Å². The van der Waals surface area contributed by atoms with E-state index in [0.29, 0.717) is 5.92 Å².